The number of anilines is 1. The first-order valence-electron chi connectivity index (χ1n) is 6.80. The zero-order valence-electron chi connectivity index (χ0n) is 11.9. The molecule has 20 heavy (non-hydrogen) atoms. The summed E-state index contributed by atoms with van der Waals surface area (Å²) in [7, 11) is 0. The molecule has 2 aromatic heterocycles. The van der Waals surface area contributed by atoms with Crippen molar-refractivity contribution in [2.75, 3.05) is 18.5 Å². The molecule has 2 unspecified atom stereocenters. The standard InChI is InChI=1S/C14H19N3O2S/c1-8-9(2)20-13-11(8)12(16-7-17-13)15-6-14(18)4-5-19-10(14)3/h7,10,18H,4-6H2,1-3H3,(H,15,16,17). The lowest BCUT2D eigenvalue weighted by atomic mass is 9.97. The maximum absolute atomic E-state index is 10.5. The van der Waals surface area contributed by atoms with Crippen LogP contribution in [0.15, 0.2) is 6.33 Å². The molecule has 0 spiro atoms. The van der Waals surface area contributed by atoms with Crippen molar-refractivity contribution in [1.29, 1.82) is 0 Å². The maximum atomic E-state index is 10.5. The van der Waals surface area contributed by atoms with Crippen LogP contribution in [0.5, 0.6) is 0 Å². The van der Waals surface area contributed by atoms with Gasteiger partial charge in [0, 0.05) is 24.4 Å². The monoisotopic (exact) mass is 293 g/mol. The molecule has 5 nitrogen and oxygen atoms in total. The van der Waals surface area contributed by atoms with Crippen molar-refractivity contribution >= 4 is 27.4 Å². The van der Waals surface area contributed by atoms with Gasteiger partial charge in [-0.25, -0.2) is 9.97 Å². The Labute approximate surface area is 122 Å². The Morgan fingerprint density at radius 2 is 2.30 bits per heavy atom. The summed E-state index contributed by atoms with van der Waals surface area (Å²) in [5.74, 6) is 0.796. The van der Waals surface area contributed by atoms with Crippen molar-refractivity contribution in [1.82, 2.24) is 9.97 Å². The Hall–Kier alpha value is -1.24. The molecular formula is C14H19N3O2S. The van der Waals surface area contributed by atoms with E-state index in [1.165, 1.54) is 10.4 Å². The van der Waals surface area contributed by atoms with Gasteiger partial charge < -0.3 is 15.2 Å². The predicted octanol–water partition coefficient (Wildman–Crippen LogP) is 2.26. The third-order valence-electron chi connectivity index (χ3n) is 4.19. The lowest BCUT2D eigenvalue weighted by Crippen LogP contribution is -2.43. The van der Waals surface area contributed by atoms with E-state index in [0.717, 1.165) is 16.0 Å². The third kappa shape index (κ3) is 2.17. The van der Waals surface area contributed by atoms with Gasteiger partial charge in [-0.1, -0.05) is 0 Å². The fourth-order valence-corrected chi connectivity index (χ4v) is 3.55. The maximum Gasteiger partial charge on any atom is 0.138 e. The van der Waals surface area contributed by atoms with Crippen LogP contribution in [0.1, 0.15) is 23.8 Å². The molecule has 0 aromatic carbocycles. The molecule has 2 aromatic rings. The predicted molar refractivity (Wildman–Crippen MR) is 80.4 cm³/mol. The molecular weight excluding hydrogens is 274 g/mol. The minimum Gasteiger partial charge on any atom is -0.385 e. The first-order chi connectivity index (χ1) is 9.51. The van der Waals surface area contributed by atoms with Gasteiger partial charge in [0.15, 0.2) is 0 Å². The zero-order chi connectivity index (χ0) is 14.3. The summed E-state index contributed by atoms with van der Waals surface area (Å²) in [6.45, 7) is 7.12. The Balaban J connectivity index is 1.88. The quantitative estimate of drug-likeness (QED) is 0.908. The second-order valence-electron chi connectivity index (χ2n) is 5.41. The molecule has 6 heteroatoms. The summed E-state index contributed by atoms with van der Waals surface area (Å²) in [4.78, 5) is 10.9. The normalized spacial score (nSPS) is 26.3. The summed E-state index contributed by atoms with van der Waals surface area (Å²) in [5, 5.41) is 14.9. The van der Waals surface area contributed by atoms with Crippen LogP contribution in [0, 0.1) is 13.8 Å². The molecule has 108 valence electrons. The van der Waals surface area contributed by atoms with Crippen LogP contribution in [0.4, 0.5) is 5.82 Å². The summed E-state index contributed by atoms with van der Waals surface area (Å²) in [5.41, 5.74) is 0.381. The summed E-state index contributed by atoms with van der Waals surface area (Å²) >= 11 is 1.67. The van der Waals surface area contributed by atoms with Crippen molar-refractivity contribution in [2.45, 2.75) is 38.9 Å². The Morgan fingerprint density at radius 3 is 3.00 bits per heavy atom. The van der Waals surface area contributed by atoms with Crippen LogP contribution in [0.2, 0.25) is 0 Å². The van der Waals surface area contributed by atoms with Gasteiger partial charge in [-0.15, -0.1) is 11.3 Å². The van der Waals surface area contributed by atoms with Gasteiger partial charge >= 0.3 is 0 Å². The average molecular weight is 293 g/mol. The molecule has 3 heterocycles. The van der Waals surface area contributed by atoms with E-state index >= 15 is 0 Å². The van der Waals surface area contributed by atoms with Crippen molar-refractivity contribution in [3.8, 4) is 0 Å². The molecule has 1 saturated heterocycles. The fourth-order valence-electron chi connectivity index (χ4n) is 2.56. The molecule has 0 bridgehead atoms. The first-order valence-corrected chi connectivity index (χ1v) is 7.61. The number of rotatable bonds is 3. The van der Waals surface area contributed by atoms with Gasteiger partial charge in [0.25, 0.3) is 0 Å². The highest BCUT2D eigenvalue weighted by atomic mass is 32.1. The average Bonchev–Trinajstić information content (AvgIpc) is 2.90. The fraction of sp³-hybridized carbons (Fsp3) is 0.571. The number of aryl methyl sites for hydroxylation is 2. The van der Waals surface area contributed by atoms with E-state index in [-0.39, 0.29) is 6.10 Å². The molecule has 0 amide bonds. The summed E-state index contributed by atoms with van der Waals surface area (Å²) < 4.78 is 5.45. The number of aromatic nitrogens is 2. The number of aliphatic hydroxyl groups is 1. The number of ether oxygens (including phenoxy) is 1. The largest absolute Gasteiger partial charge is 0.385 e. The van der Waals surface area contributed by atoms with Gasteiger partial charge in [0.2, 0.25) is 0 Å². The topological polar surface area (TPSA) is 67.3 Å². The Kier molecular flexibility index (Phi) is 3.40. The van der Waals surface area contributed by atoms with Gasteiger partial charge in [-0.2, -0.15) is 0 Å². The highest BCUT2D eigenvalue weighted by Gasteiger charge is 2.39. The molecule has 1 aliphatic heterocycles. The van der Waals surface area contributed by atoms with E-state index in [1.807, 2.05) is 6.92 Å². The van der Waals surface area contributed by atoms with Crippen LogP contribution in [0.25, 0.3) is 10.2 Å². The molecule has 2 atom stereocenters. The number of thiophene rings is 1. The molecule has 2 N–H and O–H groups in total. The van der Waals surface area contributed by atoms with Gasteiger partial charge in [0.05, 0.1) is 11.5 Å². The van der Waals surface area contributed by atoms with E-state index < -0.39 is 5.60 Å². The van der Waals surface area contributed by atoms with E-state index in [0.29, 0.717) is 19.6 Å². The van der Waals surface area contributed by atoms with Crippen molar-refractivity contribution < 1.29 is 9.84 Å². The van der Waals surface area contributed by atoms with Gasteiger partial charge in [-0.05, 0) is 26.3 Å². The van der Waals surface area contributed by atoms with E-state index in [2.05, 4.69) is 29.1 Å². The number of hydrogen-bond donors (Lipinski definition) is 2. The van der Waals surface area contributed by atoms with E-state index in [9.17, 15) is 5.11 Å². The van der Waals surface area contributed by atoms with Crippen LogP contribution >= 0.6 is 11.3 Å². The van der Waals surface area contributed by atoms with E-state index in [1.54, 1.807) is 17.7 Å². The molecule has 1 fully saturated rings. The molecule has 0 radical (unpaired) electrons. The molecule has 0 saturated carbocycles. The Bertz CT molecular complexity index is 643. The number of fused-ring (bicyclic) bond motifs is 1. The van der Waals surface area contributed by atoms with Crippen molar-refractivity contribution in [3.63, 3.8) is 0 Å². The minimum absolute atomic E-state index is 0.155. The smallest absolute Gasteiger partial charge is 0.138 e. The first kappa shape index (κ1) is 13.7. The SMILES string of the molecule is Cc1sc2ncnc(NCC3(O)CCOC3C)c2c1C. The summed E-state index contributed by atoms with van der Waals surface area (Å²) in [6, 6.07) is 0. The molecule has 0 aliphatic carbocycles. The second-order valence-corrected chi connectivity index (χ2v) is 6.61. The molecule has 1 aliphatic rings. The number of hydrogen-bond acceptors (Lipinski definition) is 6. The van der Waals surface area contributed by atoms with Gasteiger partial charge in [0.1, 0.15) is 22.6 Å². The van der Waals surface area contributed by atoms with Crippen LogP contribution in [-0.2, 0) is 4.74 Å². The third-order valence-corrected chi connectivity index (χ3v) is 5.30. The lowest BCUT2D eigenvalue weighted by Gasteiger charge is -2.26. The number of nitrogens with zero attached hydrogens (tertiary/aromatic N) is 2. The van der Waals surface area contributed by atoms with Crippen LogP contribution in [-0.4, -0.2) is 39.9 Å². The van der Waals surface area contributed by atoms with Crippen molar-refractivity contribution in [3.05, 3.63) is 16.8 Å². The Morgan fingerprint density at radius 1 is 1.50 bits per heavy atom. The number of nitrogens with one attached hydrogen (secondary N) is 1. The van der Waals surface area contributed by atoms with E-state index in [4.69, 9.17) is 4.74 Å². The van der Waals surface area contributed by atoms with Crippen LogP contribution < -0.4 is 5.32 Å². The van der Waals surface area contributed by atoms with Crippen LogP contribution in [0.3, 0.4) is 0 Å². The highest BCUT2D eigenvalue weighted by Crippen LogP contribution is 2.33. The van der Waals surface area contributed by atoms with Crippen molar-refractivity contribution in [2.24, 2.45) is 0 Å². The van der Waals surface area contributed by atoms with Gasteiger partial charge in [-0.3, -0.25) is 0 Å². The summed E-state index contributed by atoms with van der Waals surface area (Å²) in [6.07, 6.45) is 2.06. The minimum atomic E-state index is -0.823. The highest BCUT2D eigenvalue weighted by molar-refractivity contribution is 7.18. The lowest BCUT2D eigenvalue weighted by molar-refractivity contribution is -0.0176. The second kappa shape index (κ2) is 4.95. The zero-order valence-corrected chi connectivity index (χ0v) is 12.8. The molecule has 3 rings (SSSR count).